The van der Waals surface area contributed by atoms with Gasteiger partial charge in [-0.1, -0.05) is 6.42 Å². The van der Waals surface area contributed by atoms with E-state index in [1.165, 1.54) is 0 Å². The maximum atomic E-state index is 12.7. The maximum Gasteiger partial charge on any atom is 0.266 e. The van der Waals surface area contributed by atoms with Crippen molar-refractivity contribution in [3.05, 3.63) is 25.7 Å². The number of hydrogen-bond acceptors (Lipinski definition) is 4. The van der Waals surface area contributed by atoms with Gasteiger partial charge >= 0.3 is 0 Å². The Hall–Kier alpha value is -0.830. The average Bonchev–Trinajstić information content (AvgIpc) is 2.90. The number of aromatic nitrogens is 3. The van der Waals surface area contributed by atoms with E-state index in [0.29, 0.717) is 14.4 Å². The van der Waals surface area contributed by atoms with Gasteiger partial charge in [-0.2, -0.15) is 0 Å². The number of halogens is 1. The zero-order valence-electron chi connectivity index (χ0n) is 10.8. The summed E-state index contributed by atoms with van der Waals surface area (Å²) in [6.45, 7) is 1.92. The first-order valence-corrected chi connectivity index (χ1v) is 8.86. The summed E-state index contributed by atoms with van der Waals surface area (Å²) in [5.74, 6) is 0. The van der Waals surface area contributed by atoms with Crippen molar-refractivity contribution in [2.45, 2.75) is 42.6 Å². The first-order valence-electron chi connectivity index (χ1n) is 6.57. The first-order chi connectivity index (χ1) is 9.59. The third kappa shape index (κ3) is 1.53. The Labute approximate surface area is 131 Å². The van der Waals surface area contributed by atoms with Crippen LogP contribution in [-0.2, 0) is 10.8 Å². The van der Waals surface area contributed by atoms with Gasteiger partial charge < -0.3 is 0 Å². The number of rotatable bonds is 0. The number of aryl methyl sites for hydroxylation is 1. The Morgan fingerprint density at radius 3 is 3.05 bits per heavy atom. The molecule has 20 heavy (non-hydrogen) atoms. The number of nitrogens with zero attached hydrogens (tertiary/aromatic N) is 3. The molecule has 2 aliphatic rings. The minimum Gasteiger partial charge on any atom is -0.287 e. The van der Waals surface area contributed by atoms with Crippen LogP contribution in [0.5, 0.6) is 0 Å². The Morgan fingerprint density at radius 2 is 2.25 bits per heavy atom. The van der Waals surface area contributed by atoms with Crippen molar-refractivity contribution in [1.29, 1.82) is 0 Å². The zero-order valence-corrected chi connectivity index (χ0v) is 13.8. The minimum atomic E-state index is -1.21. The molecule has 1 aliphatic heterocycles. The Bertz CT molecular complexity index is 832. The van der Waals surface area contributed by atoms with Crippen LogP contribution in [-0.4, -0.2) is 24.0 Å². The van der Waals surface area contributed by atoms with E-state index in [-0.39, 0.29) is 16.9 Å². The number of hydrogen-bond donors (Lipinski definition) is 0. The normalized spacial score (nSPS) is 27.8. The van der Waals surface area contributed by atoms with Crippen LogP contribution in [0.1, 0.15) is 30.9 Å². The second kappa shape index (κ2) is 4.33. The second-order valence-electron chi connectivity index (χ2n) is 5.34. The van der Waals surface area contributed by atoms with Crippen molar-refractivity contribution < 1.29 is 4.21 Å². The lowest BCUT2D eigenvalue weighted by Crippen LogP contribution is -2.32. The van der Waals surface area contributed by atoms with Gasteiger partial charge in [-0.3, -0.25) is 13.6 Å². The monoisotopic (exact) mass is 401 g/mol. The highest BCUT2D eigenvalue weighted by molar-refractivity contribution is 14.1. The summed E-state index contributed by atoms with van der Waals surface area (Å²) in [5.41, 5.74) is 1.56. The van der Waals surface area contributed by atoms with Crippen LogP contribution in [0, 0.1) is 10.5 Å². The van der Waals surface area contributed by atoms with Gasteiger partial charge in [0.2, 0.25) is 5.16 Å². The molecule has 1 aliphatic carbocycles. The number of fused-ring (bicyclic) bond motifs is 3. The maximum absolute atomic E-state index is 12.7. The smallest absolute Gasteiger partial charge is 0.266 e. The molecule has 0 radical (unpaired) electrons. The van der Waals surface area contributed by atoms with Crippen molar-refractivity contribution in [3.8, 4) is 0 Å². The molecular weight excluding hydrogens is 389 g/mol. The second-order valence-corrected chi connectivity index (χ2v) is 7.98. The largest absolute Gasteiger partial charge is 0.287 e. The molecule has 1 fully saturated rings. The van der Waals surface area contributed by atoms with E-state index in [0.717, 1.165) is 30.2 Å². The van der Waals surface area contributed by atoms with Gasteiger partial charge in [-0.25, -0.2) is 9.97 Å². The lowest BCUT2D eigenvalue weighted by molar-refractivity contribution is 0.518. The molecule has 104 valence electrons. The minimum absolute atomic E-state index is 0.00366. The fourth-order valence-corrected chi connectivity index (χ4v) is 5.36. The summed E-state index contributed by atoms with van der Waals surface area (Å²) in [6.07, 6.45) is 4.48. The lowest BCUT2D eigenvalue weighted by atomic mass is 10.1. The molecular formula is C13H12IN3O2S. The van der Waals surface area contributed by atoms with Crippen LogP contribution < -0.4 is 5.56 Å². The lowest BCUT2D eigenvalue weighted by Gasteiger charge is -2.19. The molecule has 2 aromatic rings. The van der Waals surface area contributed by atoms with E-state index in [2.05, 4.69) is 32.6 Å². The summed E-state index contributed by atoms with van der Waals surface area (Å²) >= 11 is 2.09. The van der Waals surface area contributed by atoms with Crippen LogP contribution in [0.15, 0.2) is 16.1 Å². The molecule has 0 saturated heterocycles. The van der Waals surface area contributed by atoms with E-state index in [4.69, 9.17) is 0 Å². The average molecular weight is 401 g/mol. The molecule has 7 heteroatoms. The van der Waals surface area contributed by atoms with Crippen LogP contribution >= 0.6 is 22.6 Å². The van der Waals surface area contributed by atoms with Crippen molar-refractivity contribution >= 4 is 44.4 Å². The molecule has 3 atom stereocenters. The molecule has 4 rings (SSSR count). The van der Waals surface area contributed by atoms with E-state index in [1.807, 2.05) is 6.92 Å². The van der Waals surface area contributed by atoms with Gasteiger partial charge in [0.05, 0.1) is 25.7 Å². The van der Waals surface area contributed by atoms with E-state index in [9.17, 15) is 9.00 Å². The molecule has 5 nitrogen and oxygen atoms in total. The molecule has 0 amide bonds. The molecule has 0 aromatic carbocycles. The van der Waals surface area contributed by atoms with Gasteiger partial charge in [0.15, 0.2) is 0 Å². The summed E-state index contributed by atoms with van der Waals surface area (Å²) in [7, 11) is -1.21. The van der Waals surface area contributed by atoms with Crippen molar-refractivity contribution in [1.82, 2.24) is 14.5 Å². The molecule has 1 saturated carbocycles. The quantitative estimate of drug-likeness (QED) is 0.500. The predicted octanol–water partition coefficient (Wildman–Crippen LogP) is 1.92. The predicted molar refractivity (Wildman–Crippen MR) is 84.3 cm³/mol. The topological polar surface area (TPSA) is 64.8 Å². The standard InChI is InChI=1S/C13H12IN3O2S/c1-6-7-5-15-13-16-11(7)17(12(18)10(6)14)8-3-2-4-9(8)20(13)19/h5,8-9H,2-4H2,1H3. The van der Waals surface area contributed by atoms with E-state index in [1.54, 1.807) is 10.8 Å². The highest BCUT2D eigenvalue weighted by Gasteiger charge is 2.39. The van der Waals surface area contributed by atoms with E-state index >= 15 is 0 Å². The summed E-state index contributed by atoms with van der Waals surface area (Å²) in [6, 6.07) is -0.00542. The zero-order chi connectivity index (χ0) is 14.0. The third-order valence-corrected chi connectivity index (χ3v) is 7.25. The van der Waals surface area contributed by atoms with Crippen molar-refractivity contribution in [2.75, 3.05) is 0 Å². The van der Waals surface area contributed by atoms with Gasteiger partial charge in [0, 0.05) is 11.6 Å². The molecule has 2 bridgehead atoms. The summed E-state index contributed by atoms with van der Waals surface area (Å²) < 4.78 is 15.1. The summed E-state index contributed by atoms with van der Waals surface area (Å²) in [4.78, 5) is 21.4. The Morgan fingerprint density at radius 1 is 1.45 bits per heavy atom. The number of pyridine rings is 1. The van der Waals surface area contributed by atoms with Crippen LogP contribution in [0.25, 0.3) is 11.0 Å². The Kier molecular flexibility index (Phi) is 2.79. The van der Waals surface area contributed by atoms with Gasteiger partial charge in [-0.15, -0.1) is 0 Å². The van der Waals surface area contributed by atoms with E-state index < -0.39 is 10.8 Å². The first kappa shape index (κ1) is 12.9. The molecule has 0 spiro atoms. The fraction of sp³-hybridized carbons (Fsp3) is 0.462. The SMILES string of the molecule is Cc1c(I)c(=O)n2c3nc(ncc13)S(=O)C1CCCC12. The van der Waals surface area contributed by atoms with Crippen LogP contribution in [0.3, 0.4) is 0 Å². The molecule has 2 aromatic heterocycles. The molecule has 3 unspecified atom stereocenters. The van der Waals surface area contributed by atoms with Crippen molar-refractivity contribution in [3.63, 3.8) is 0 Å². The van der Waals surface area contributed by atoms with Crippen LogP contribution in [0.4, 0.5) is 0 Å². The highest BCUT2D eigenvalue weighted by Crippen LogP contribution is 2.38. The fourth-order valence-electron chi connectivity index (χ4n) is 3.28. The van der Waals surface area contributed by atoms with Gasteiger partial charge in [0.25, 0.3) is 5.56 Å². The highest BCUT2D eigenvalue weighted by atomic mass is 127. The Balaban J connectivity index is 2.21. The molecule has 3 heterocycles. The van der Waals surface area contributed by atoms with Crippen LogP contribution in [0.2, 0.25) is 0 Å². The van der Waals surface area contributed by atoms with Gasteiger partial charge in [-0.05, 0) is 47.9 Å². The summed E-state index contributed by atoms with van der Waals surface area (Å²) in [5, 5.41) is 1.23. The van der Waals surface area contributed by atoms with Crippen molar-refractivity contribution in [2.24, 2.45) is 0 Å². The van der Waals surface area contributed by atoms with Gasteiger partial charge in [0.1, 0.15) is 5.65 Å². The molecule has 0 N–H and O–H groups in total. The third-order valence-electron chi connectivity index (χ3n) is 4.32.